The first kappa shape index (κ1) is 23.0. The second-order valence-corrected chi connectivity index (χ2v) is 4.23. The van der Waals surface area contributed by atoms with E-state index in [1.807, 2.05) is 27.7 Å². The average molecular weight is 325 g/mol. The van der Waals surface area contributed by atoms with Gasteiger partial charge in [0.05, 0.1) is 5.92 Å². The summed E-state index contributed by atoms with van der Waals surface area (Å²) in [5.41, 5.74) is 5.24. The highest BCUT2D eigenvalue weighted by Gasteiger charge is 2.38. The van der Waals surface area contributed by atoms with Gasteiger partial charge in [-0.1, -0.05) is 27.7 Å². The van der Waals surface area contributed by atoms with Crippen molar-refractivity contribution < 1.29 is 22.3 Å². The SMILES string of the molecule is CC.CC.CC(N)COc1ccc(F)cc1C(C)C(F)(F)F. The molecule has 0 saturated carbocycles. The molecule has 0 amide bonds. The number of benzene rings is 1. The van der Waals surface area contributed by atoms with Gasteiger partial charge in [0.2, 0.25) is 0 Å². The van der Waals surface area contributed by atoms with Crippen LogP contribution >= 0.6 is 0 Å². The van der Waals surface area contributed by atoms with Crippen LogP contribution in [0.5, 0.6) is 5.75 Å². The van der Waals surface area contributed by atoms with Crippen LogP contribution in [0.2, 0.25) is 0 Å². The number of halogens is 4. The number of hydrogen-bond donors (Lipinski definition) is 1. The van der Waals surface area contributed by atoms with Crippen molar-refractivity contribution in [1.29, 1.82) is 0 Å². The third-order valence-corrected chi connectivity index (χ3v) is 2.43. The van der Waals surface area contributed by atoms with Gasteiger partial charge in [0, 0.05) is 11.6 Å². The van der Waals surface area contributed by atoms with Crippen LogP contribution in [0, 0.1) is 5.82 Å². The molecule has 0 aliphatic rings. The van der Waals surface area contributed by atoms with Gasteiger partial charge < -0.3 is 10.5 Å². The van der Waals surface area contributed by atoms with E-state index in [1.165, 1.54) is 6.07 Å². The molecule has 0 aliphatic heterocycles. The molecule has 0 saturated heterocycles. The zero-order valence-electron chi connectivity index (χ0n) is 14.1. The largest absolute Gasteiger partial charge is 0.492 e. The van der Waals surface area contributed by atoms with Crippen molar-refractivity contribution in [1.82, 2.24) is 0 Å². The van der Waals surface area contributed by atoms with E-state index in [9.17, 15) is 17.6 Å². The van der Waals surface area contributed by atoms with E-state index in [2.05, 4.69) is 0 Å². The highest BCUT2D eigenvalue weighted by molar-refractivity contribution is 5.37. The summed E-state index contributed by atoms with van der Waals surface area (Å²) in [6.45, 7) is 10.7. The monoisotopic (exact) mass is 325 g/mol. The van der Waals surface area contributed by atoms with Gasteiger partial charge in [-0.15, -0.1) is 0 Å². The van der Waals surface area contributed by atoms with E-state index >= 15 is 0 Å². The van der Waals surface area contributed by atoms with E-state index in [-0.39, 0.29) is 24.0 Å². The summed E-state index contributed by atoms with van der Waals surface area (Å²) < 4.78 is 56.2. The van der Waals surface area contributed by atoms with E-state index < -0.39 is 17.9 Å². The van der Waals surface area contributed by atoms with Gasteiger partial charge >= 0.3 is 6.18 Å². The molecular weight excluding hydrogens is 298 g/mol. The maximum atomic E-state index is 13.0. The molecule has 0 fully saturated rings. The molecule has 2 unspecified atom stereocenters. The Labute approximate surface area is 130 Å². The van der Waals surface area contributed by atoms with Crippen LogP contribution < -0.4 is 10.5 Å². The maximum absolute atomic E-state index is 13.0. The Kier molecular flexibility index (Phi) is 11.8. The predicted octanol–water partition coefficient (Wildman–Crippen LogP) is 5.27. The van der Waals surface area contributed by atoms with Gasteiger partial charge in [0.15, 0.2) is 0 Å². The van der Waals surface area contributed by atoms with Gasteiger partial charge in [-0.2, -0.15) is 13.2 Å². The summed E-state index contributed by atoms with van der Waals surface area (Å²) in [5, 5.41) is 0. The molecule has 0 heterocycles. The van der Waals surface area contributed by atoms with Crippen molar-refractivity contribution in [3.05, 3.63) is 29.6 Å². The minimum Gasteiger partial charge on any atom is -0.492 e. The number of rotatable bonds is 4. The third kappa shape index (κ3) is 8.22. The molecule has 0 aliphatic carbocycles. The Morgan fingerprint density at radius 2 is 1.59 bits per heavy atom. The first-order valence-corrected chi connectivity index (χ1v) is 7.46. The quantitative estimate of drug-likeness (QED) is 0.765. The zero-order chi connectivity index (χ0) is 17.9. The number of hydrogen-bond acceptors (Lipinski definition) is 2. The molecule has 0 bridgehead atoms. The lowest BCUT2D eigenvalue weighted by atomic mass is 9.99. The lowest BCUT2D eigenvalue weighted by Crippen LogP contribution is -2.25. The molecule has 0 radical (unpaired) electrons. The minimum absolute atomic E-state index is 0.0125. The molecule has 2 nitrogen and oxygen atoms in total. The van der Waals surface area contributed by atoms with Crippen molar-refractivity contribution in [3.63, 3.8) is 0 Å². The van der Waals surface area contributed by atoms with Crippen molar-refractivity contribution >= 4 is 0 Å². The highest BCUT2D eigenvalue weighted by atomic mass is 19.4. The summed E-state index contributed by atoms with van der Waals surface area (Å²) in [6, 6.07) is 2.77. The summed E-state index contributed by atoms with van der Waals surface area (Å²) in [7, 11) is 0. The van der Waals surface area contributed by atoms with Gasteiger partial charge in [0.25, 0.3) is 0 Å². The second-order valence-electron chi connectivity index (χ2n) is 4.23. The van der Waals surface area contributed by atoms with E-state index in [0.717, 1.165) is 19.1 Å². The van der Waals surface area contributed by atoms with Crippen molar-refractivity contribution in [2.45, 2.75) is 59.7 Å². The van der Waals surface area contributed by atoms with Gasteiger partial charge in [-0.05, 0) is 32.0 Å². The Bertz CT molecular complexity index is 406. The number of alkyl halides is 3. The highest BCUT2D eigenvalue weighted by Crippen LogP contribution is 2.38. The Morgan fingerprint density at radius 1 is 1.09 bits per heavy atom. The van der Waals surface area contributed by atoms with Gasteiger partial charge in [-0.3, -0.25) is 0 Å². The van der Waals surface area contributed by atoms with Crippen LogP contribution in [0.15, 0.2) is 18.2 Å². The summed E-state index contributed by atoms with van der Waals surface area (Å²) in [6.07, 6.45) is -4.44. The van der Waals surface area contributed by atoms with Crippen LogP contribution in [0.1, 0.15) is 53.0 Å². The fraction of sp³-hybridized carbons (Fsp3) is 0.625. The number of nitrogens with two attached hydrogens (primary N) is 1. The lowest BCUT2D eigenvalue weighted by Gasteiger charge is -2.20. The van der Waals surface area contributed by atoms with Crippen LogP contribution in [0.3, 0.4) is 0 Å². The molecule has 2 N–H and O–H groups in total. The lowest BCUT2D eigenvalue weighted by molar-refractivity contribution is -0.146. The number of ether oxygens (including phenoxy) is 1. The standard InChI is InChI=1S/C12H15F4NO.2C2H6/c1-7(17)6-18-11-4-3-9(13)5-10(11)8(2)12(14,15)16;2*1-2/h3-5,7-8H,6,17H2,1-2H3;2*1-2H3. The summed E-state index contributed by atoms with van der Waals surface area (Å²) in [4.78, 5) is 0. The van der Waals surface area contributed by atoms with E-state index in [0.29, 0.717) is 0 Å². The normalized spacial score (nSPS) is 13.0. The van der Waals surface area contributed by atoms with Crippen LogP contribution in [0.4, 0.5) is 17.6 Å². The molecule has 1 aromatic carbocycles. The van der Waals surface area contributed by atoms with Crippen molar-refractivity contribution in [3.8, 4) is 5.75 Å². The van der Waals surface area contributed by atoms with E-state index in [4.69, 9.17) is 10.5 Å². The Balaban J connectivity index is 0. The van der Waals surface area contributed by atoms with Crippen LogP contribution in [-0.4, -0.2) is 18.8 Å². The first-order valence-electron chi connectivity index (χ1n) is 7.46. The van der Waals surface area contributed by atoms with Crippen LogP contribution in [-0.2, 0) is 0 Å². The Morgan fingerprint density at radius 3 is 2.00 bits per heavy atom. The molecule has 22 heavy (non-hydrogen) atoms. The fourth-order valence-corrected chi connectivity index (χ4v) is 1.39. The molecule has 130 valence electrons. The zero-order valence-corrected chi connectivity index (χ0v) is 14.1. The molecular formula is C16H27F4NO. The van der Waals surface area contributed by atoms with E-state index in [1.54, 1.807) is 6.92 Å². The van der Waals surface area contributed by atoms with Gasteiger partial charge in [0.1, 0.15) is 18.2 Å². The maximum Gasteiger partial charge on any atom is 0.395 e. The first-order chi connectivity index (χ1) is 10.2. The smallest absolute Gasteiger partial charge is 0.395 e. The summed E-state index contributed by atoms with van der Waals surface area (Å²) in [5.74, 6) is -2.51. The van der Waals surface area contributed by atoms with Crippen LogP contribution in [0.25, 0.3) is 0 Å². The molecule has 1 aromatic rings. The molecule has 6 heteroatoms. The van der Waals surface area contributed by atoms with Crippen molar-refractivity contribution in [2.24, 2.45) is 5.73 Å². The van der Waals surface area contributed by atoms with Crippen molar-refractivity contribution in [2.75, 3.05) is 6.61 Å². The third-order valence-electron chi connectivity index (χ3n) is 2.43. The summed E-state index contributed by atoms with van der Waals surface area (Å²) >= 11 is 0. The fourth-order valence-electron chi connectivity index (χ4n) is 1.39. The van der Waals surface area contributed by atoms with Gasteiger partial charge in [-0.25, -0.2) is 4.39 Å². The minimum atomic E-state index is -4.44. The predicted molar refractivity (Wildman–Crippen MR) is 82.7 cm³/mol. The molecule has 0 aromatic heterocycles. The molecule has 0 spiro atoms. The molecule has 2 atom stereocenters. The molecule has 1 rings (SSSR count). The Hall–Kier alpha value is -1.30. The topological polar surface area (TPSA) is 35.2 Å². The second kappa shape index (κ2) is 11.3. The average Bonchev–Trinajstić information content (AvgIpc) is 2.48.